The minimum absolute atomic E-state index is 0.293. The van der Waals surface area contributed by atoms with Gasteiger partial charge in [-0.15, -0.1) is 11.3 Å². The SMILES string of the molecule is CCNC(COc1ccc(Cl)cc1)Cc1cncs1. The quantitative estimate of drug-likeness (QED) is 0.850. The second kappa shape index (κ2) is 7.48. The van der Waals surface area contributed by atoms with Crippen molar-refractivity contribution in [2.45, 2.75) is 19.4 Å². The van der Waals surface area contributed by atoms with E-state index >= 15 is 0 Å². The first kappa shape index (κ1) is 14.3. The van der Waals surface area contributed by atoms with Crippen LogP contribution in [0.2, 0.25) is 5.02 Å². The number of aromatic nitrogens is 1. The van der Waals surface area contributed by atoms with Crippen molar-refractivity contribution in [2.24, 2.45) is 0 Å². The van der Waals surface area contributed by atoms with E-state index < -0.39 is 0 Å². The highest BCUT2D eigenvalue weighted by molar-refractivity contribution is 7.09. The molecule has 1 unspecified atom stereocenters. The Kier molecular flexibility index (Phi) is 5.63. The summed E-state index contributed by atoms with van der Waals surface area (Å²) in [5.74, 6) is 0.844. The monoisotopic (exact) mass is 296 g/mol. The molecule has 0 radical (unpaired) electrons. The van der Waals surface area contributed by atoms with Gasteiger partial charge in [0.1, 0.15) is 12.4 Å². The van der Waals surface area contributed by atoms with Crippen molar-refractivity contribution in [3.05, 3.63) is 45.9 Å². The molecule has 1 atom stereocenters. The minimum atomic E-state index is 0.293. The number of rotatable bonds is 7. The number of nitrogens with one attached hydrogen (secondary N) is 1. The van der Waals surface area contributed by atoms with Gasteiger partial charge in [0.2, 0.25) is 0 Å². The summed E-state index contributed by atoms with van der Waals surface area (Å²) in [4.78, 5) is 5.37. The summed E-state index contributed by atoms with van der Waals surface area (Å²) in [6, 6.07) is 7.74. The van der Waals surface area contributed by atoms with E-state index in [0.29, 0.717) is 12.6 Å². The summed E-state index contributed by atoms with van der Waals surface area (Å²) >= 11 is 7.52. The molecule has 2 rings (SSSR count). The lowest BCUT2D eigenvalue weighted by molar-refractivity contribution is 0.265. The Balaban J connectivity index is 1.87. The molecule has 3 nitrogen and oxygen atoms in total. The van der Waals surface area contributed by atoms with E-state index in [1.807, 2.05) is 36.0 Å². The molecule has 0 amide bonds. The van der Waals surface area contributed by atoms with Crippen LogP contribution in [0.5, 0.6) is 5.75 Å². The molecule has 1 aromatic carbocycles. The molecule has 1 N–H and O–H groups in total. The summed E-state index contributed by atoms with van der Waals surface area (Å²) in [6.45, 7) is 3.66. The van der Waals surface area contributed by atoms with Crippen LogP contribution in [0, 0.1) is 0 Å². The average molecular weight is 297 g/mol. The number of hydrogen-bond donors (Lipinski definition) is 1. The van der Waals surface area contributed by atoms with Crippen molar-refractivity contribution in [1.82, 2.24) is 10.3 Å². The lowest BCUT2D eigenvalue weighted by Gasteiger charge is -2.17. The number of hydrogen-bond acceptors (Lipinski definition) is 4. The maximum absolute atomic E-state index is 5.85. The molecule has 2 aromatic rings. The van der Waals surface area contributed by atoms with Crippen LogP contribution in [0.15, 0.2) is 36.0 Å². The van der Waals surface area contributed by atoms with Crippen molar-refractivity contribution < 1.29 is 4.74 Å². The van der Waals surface area contributed by atoms with E-state index in [-0.39, 0.29) is 0 Å². The zero-order chi connectivity index (χ0) is 13.5. The molecule has 0 bridgehead atoms. The van der Waals surface area contributed by atoms with Crippen molar-refractivity contribution >= 4 is 22.9 Å². The van der Waals surface area contributed by atoms with Crippen LogP contribution >= 0.6 is 22.9 Å². The van der Waals surface area contributed by atoms with Gasteiger partial charge in [-0.25, -0.2) is 0 Å². The first-order valence-electron chi connectivity index (χ1n) is 6.27. The van der Waals surface area contributed by atoms with Crippen LogP contribution < -0.4 is 10.1 Å². The predicted molar refractivity (Wildman–Crippen MR) is 80.2 cm³/mol. The fraction of sp³-hybridized carbons (Fsp3) is 0.357. The van der Waals surface area contributed by atoms with Crippen LogP contribution in [0.1, 0.15) is 11.8 Å². The molecule has 0 fully saturated rings. The topological polar surface area (TPSA) is 34.1 Å². The average Bonchev–Trinajstić information content (AvgIpc) is 2.91. The number of benzene rings is 1. The molecule has 19 heavy (non-hydrogen) atoms. The molecule has 0 aliphatic heterocycles. The third kappa shape index (κ3) is 4.82. The molecule has 1 aromatic heterocycles. The molecule has 0 aliphatic rings. The fourth-order valence-electron chi connectivity index (χ4n) is 1.79. The Morgan fingerprint density at radius 2 is 2.16 bits per heavy atom. The fourth-order valence-corrected chi connectivity index (χ4v) is 2.59. The Labute approximate surface area is 122 Å². The highest BCUT2D eigenvalue weighted by Gasteiger charge is 2.10. The third-order valence-corrected chi connectivity index (χ3v) is 3.74. The number of likely N-dealkylation sites (N-methyl/N-ethyl adjacent to an activating group) is 1. The first-order chi connectivity index (χ1) is 9.28. The van der Waals surface area contributed by atoms with Gasteiger partial charge in [0, 0.05) is 28.6 Å². The van der Waals surface area contributed by atoms with Gasteiger partial charge in [-0.2, -0.15) is 0 Å². The Hall–Kier alpha value is -1.10. The van der Waals surface area contributed by atoms with E-state index in [2.05, 4.69) is 17.2 Å². The minimum Gasteiger partial charge on any atom is -0.492 e. The van der Waals surface area contributed by atoms with Gasteiger partial charge in [-0.05, 0) is 30.8 Å². The van der Waals surface area contributed by atoms with Gasteiger partial charge in [-0.3, -0.25) is 4.98 Å². The standard InChI is InChI=1S/C14H17ClN2OS/c1-2-17-12(7-14-8-16-10-19-14)9-18-13-5-3-11(15)4-6-13/h3-6,8,10,12,17H,2,7,9H2,1H3. The van der Waals surface area contributed by atoms with Crippen molar-refractivity contribution in [3.8, 4) is 5.75 Å². The summed E-state index contributed by atoms with van der Waals surface area (Å²) in [6.07, 6.45) is 2.85. The Morgan fingerprint density at radius 3 is 2.79 bits per heavy atom. The molecular weight excluding hydrogens is 280 g/mol. The van der Waals surface area contributed by atoms with E-state index in [0.717, 1.165) is 23.7 Å². The smallest absolute Gasteiger partial charge is 0.119 e. The van der Waals surface area contributed by atoms with Crippen LogP contribution in [-0.4, -0.2) is 24.2 Å². The Bertz CT molecular complexity index is 473. The summed E-state index contributed by atoms with van der Waals surface area (Å²) in [5.41, 5.74) is 1.86. The molecule has 5 heteroatoms. The van der Waals surface area contributed by atoms with Gasteiger partial charge in [-0.1, -0.05) is 18.5 Å². The van der Waals surface area contributed by atoms with Crippen LogP contribution in [0.3, 0.4) is 0 Å². The predicted octanol–water partition coefficient (Wildman–Crippen LogP) is 3.40. The second-order valence-electron chi connectivity index (χ2n) is 4.19. The van der Waals surface area contributed by atoms with Gasteiger partial charge < -0.3 is 10.1 Å². The van der Waals surface area contributed by atoms with Crippen molar-refractivity contribution in [3.63, 3.8) is 0 Å². The second-order valence-corrected chi connectivity index (χ2v) is 5.60. The lowest BCUT2D eigenvalue weighted by Crippen LogP contribution is -2.36. The van der Waals surface area contributed by atoms with Crippen LogP contribution in [0.25, 0.3) is 0 Å². The summed E-state index contributed by atoms with van der Waals surface area (Å²) < 4.78 is 5.79. The molecule has 0 spiro atoms. The van der Waals surface area contributed by atoms with E-state index in [1.165, 1.54) is 4.88 Å². The molecule has 0 saturated heterocycles. The zero-order valence-corrected chi connectivity index (χ0v) is 12.4. The molecule has 0 aliphatic carbocycles. The van der Waals surface area contributed by atoms with E-state index in [1.54, 1.807) is 11.3 Å². The van der Waals surface area contributed by atoms with Gasteiger partial charge in [0.15, 0.2) is 0 Å². The van der Waals surface area contributed by atoms with Gasteiger partial charge in [0.25, 0.3) is 0 Å². The third-order valence-electron chi connectivity index (χ3n) is 2.69. The van der Waals surface area contributed by atoms with Gasteiger partial charge >= 0.3 is 0 Å². The largest absolute Gasteiger partial charge is 0.492 e. The lowest BCUT2D eigenvalue weighted by atomic mass is 10.2. The molecular formula is C14H17ClN2OS. The highest BCUT2D eigenvalue weighted by atomic mass is 35.5. The molecule has 0 saturated carbocycles. The molecule has 1 heterocycles. The maximum atomic E-state index is 5.85. The van der Waals surface area contributed by atoms with Crippen molar-refractivity contribution in [1.29, 1.82) is 0 Å². The van der Waals surface area contributed by atoms with E-state index in [9.17, 15) is 0 Å². The Morgan fingerprint density at radius 1 is 1.37 bits per heavy atom. The number of nitrogens with zero attached hydrogens (tertiary/aromatic N) is 1. The van der Waals surface area contributed by atoms with Crippen LogP contribution in [0.4, 0.5) is 0 Å². The number of thiazole rings is 1. The molecule has 102 valence electrons. The highest BCUT2D eigenvalue weighted by Crippen LogP contribution is 2.16. The number of ether oxygens (including phenoxy) is 1. The number of halogens is 1. The van der Waals surface area contributed by atoms with Crippen molar-refractivity contribution in [2.75, 3.05) is 13.2 Å². The normalized spacial score (nSPS) is 12.3. The van der Waals surface area contributed by atoms with Gasteiger partial charge in [0.05, 0.1) is 5.51 Å². The zero-order valence-electron chi connectivity index (χ0n) is 10.8. The maximum Gasteiger partial charge on any atom is 0.119 e. The summed E-state index contributed by atoms with van der Waals surface area (Å²) in [5, 5.41) is 4.15. The first-order valence-corrected chi connectivity index (χ1v) is 7.53. The summed E-state index contributed by atoms with van der Waals surface area (Å²) in [7, 11) is 0. The van der Waals surface area contributed by atoms with E-state index in [4.69, 9.17) is 16.3 Å². The van der Waals surface area contributed by atoms with Crippen LogP contribution in [-0.2, 0) is 6.42 Å².